The van der Waals surface area contributed by atoms with Gasteiger partial charge in [0, 0.05) is 71.9 Å². The summed E-state index contributed by atoms with van der Waals surface area (Å²) in [5, 5.41) is 6.93. The van der Waals surface area contributed by atoms with Gasteiger partial charge in [0.1, 0.15) is 0 Å². The topological polar surface area (TPSA) is 63.2 Å². The Balaban J connectivity index is 1.66. The zero-order valence-corrected chi connectivity index (χ0v) is 17.1. The number of likely N-dealkylation sites (tertiary alicyclic amines) is 1. The minimum atomic E-state index is 0.244. The maximum absolute atomic E-state index is 11.8. The van der Waals surface area contributed by atoms with Gasteiger partial charge in [0.25, 0.3) is 0 Å². The highest BCUT2D eigenvalue weighted by Gasteiger charge is 2.26. The maximum Gasteiger partial charge on any atom is 0.222 e. The second-order valence-corrected chi connectivity index (χ2v) is 7.62. The summed E-state index contributed by atoms with van der Waals surface area (Å²) in [6.07, 6.45) is 1.58. The first-order chi connectivity index (χ1) is 12.5. The predicted octanol–water partition coefficient (Wildman–Crippen LogP) is 0.436. The summed E-state index contributed by atoms with van der Waals surface area (Å²) < 4.78 is 0. The molecule has 0 bridgehead atoms. The molecule has 2 aliphatic rings. The van der Waals surface area contributed by atoms with Crippen LogP contribution in [0, 0.1) is 5.92 Å². The molecule has 2 N–H and O–H groups in total. The molecule has 7 nitrogen and oxygen atoms in total. The number of guanidine groups is 1. The molecule has 2 saturated heterocycles. The van der Waals surface area contributed by atoms with Gasteiger partial charge in [0.05, 0.1) is 0 Å². The Morgan fingerprint density at radius 1 is 1.15 bits per heavy atom. The molecule has 150 valence electrons. The molecule has 0 aromatic rings. The lowest BCUT2D eigenvalue weighted by atomic mass is 10.1. The van der Waals surface area contributed by atoms with Gasteiger partial charge in [0.15, 0.2) is 5.96 Å². The van der Waals surface area contributed by atoms with Crippen LogP contribution in [0.3, 0.4) is 0 Å². The Labute approximate surface area is 159 Å². The van der Waals surface area contributed by atoms with Crippen LogP contribution in [0.4, 0.5) is 0 Å². The second kappa shape index (κ2) is 10.7. The van der Waals surface area contributed by atoms with Crippen LogP contribution in [0.25, 0.3) is 0 Å². The van der Waals surface area contributed by atoms with Gasteiger partial charge in [-0.2, -0.15) is 0 Å². The van der Waals surface area contributed by atoms with Gasteiger partial charge in [-0.15, -0.1) is 0 Å². The number of piperazine rings is 1. The fourth-order valence-corrected chi connectivity index (χ4v) is 3.78. The minimum Gasteiger partial charge on any atom is -0.356 e. The fourth-order valence-electron chi connectivity index (χ4n) is 3.78. The third-order valence-electron chi connectivity index (χ3n) is 5.51. The largest absolute Gasteiger partial charge is 0.356 e. The zero-order valence-electron chi connectivity index (χ0n) is 17.1. The first kappa shape index (κ1) is 21.0. The van der Waals surface area contributed by atoms with Crippen molar-refractivity contribution in [1.82, 2.24) is 25.3 Å². The summed E-state index contributed by atoms with van der Waals surface area (Å²) in [6, 6.07) is 0.300. The molecule has 26 heavy (non-hydrogen) atoms. The number of nitrogens with zero attached hydrogens (tertiary/aromatic N) is 4. The second-order valence-electron chi connectivity index (χ2n) is 7.62. The van der Waals surface area contributed by atoms with E-state index in [1.165, 1.54) is 26.2 Å². The van der Waals surface area contributed by atoms with Gasteiger partial charge in [-0.25, -0.2) is 0 Å². The van der Waals surface area contributed by atoms with Crippen LogP contribution in [0.2, 0.25) is 0 Å². The van der Waals surface area contributed by atoms with E-state index in [0.29, 0.717) is 18.4 Å². The van der Waals surface area contributed by atoms with Crippen molar-refractivity contribution in [3.63, 3.8) is 0 Å². The number of rotatable bonds is 7. The van der Waals surface area contributed by atoms with Gasteiger partial charge in [0.2, 0.25) is 5.91 Å². The average Bonchev–Trinajstić information content (AvgIpc) is 3.13. The molecule has 2 heterocycles. The van der Waals surface area contributed by atoms with Crippen molar-refractivity contribution >= 4 is 11.9 Å². The Hall–Kier alpha value is -1.34. The van der Waals surface area contributed by atoms with Crippen molar-refractivity contribution in [2.24, 2.45) is 10.9 Å². The molecule has 0 aromatic heterocycles. The van der Waals surface area contributed by atoms with Crippen LogP contribution in [-0.4, -0.2) is 98.6 Å². The average molecular weight is 367 g/mol. The normalized spacial score (nSPS) is 23.9. The van der Waals surface area contributed by atoms with Crippen LogP contribution in [-0.2, 0) is 4.79 Å². The summed E-state index contributed by atoms with van der Waals surface area (Å²) in [5.41, 5.74) is 0. The third-order valence-corrected chi connectivity index (χ3v) is 5.51. The molecular weight excluding hydrogens is 328 g/mol. The van der Waals surface area contributed by atoms with E-state index in [2.05, 4.69) is 39.3 Å². The summed E-state index contributed by atoms with van der Waals surface area (Å²) in [5.74, 6) is 1.67. The van der Waals surface area contributed by atoms with Crippen LogP contribution >= 0.6 is 0 Å². The molecule has 2 unspecified atom stereocenters. The highest BCUT2D eigenvalue weighted by Crippen LogP contribution is 2.10. The molecule has 7 heteroatoms. The number of nitrogens with one attached hydrogen (secondary N) is 2. The van der Waals surface area contributed by atoms with E-state index in [-0.39, 0.29) is 5.91 Å². The van der Waals surface area contributed by atoms with Crippen molar-refractivity contribution in [1.29, 1.82) is 0 Å². The lowest BCUT2D eigenvalue weighted by Gasteiger charge is -2.35. The molecule has 0 aliphatic carbocycles. The van der Waals surface area contributed by atoms with E-state index >= 15 is 0 Å². The van der Waals surface area contributed by atoms with Gasteiger partial charge < -0.3 is 25.3 Å². The smallest absolute Gasteiger partial charge is 0.222 e. The number of carbonyl (C=O) groups excluding carboxylic acids is 1. The molecule has 0 spiro atoms. The molecule has 2 atom stereocenters. The molecule has 0 aromatic carbocycles. The number of aliphatic imine (C=N–C) groups is 1. The monoisotopic (exact) mass is 366 g/mol. The van der Waals surface area contributed by atoms with Crippen molar-refractivity contribution in [3.8, 4) is 0 Å². The van der Waals surface area contributed by atoms with Crippen LogP contribution in [0.1, 0.15) is 33.6 Å². The highest BCUT2D eigenvalue weighted by atomic mass is 16.2. The number of amides is 1. The van der Waals surface area contributed by atoms with E-state index in [9.17, 15) is 4.79 Å². The van der Waals surface area contributed by atoms with E-state index in [0.717, 1.165) is 45.1 Å². The van der Waals surface area contributed by atoms with Crippen molar-refractivity contribution in [3.05, 3.63) is 0 Å². The Kier molecular flexibility index (Phi) is 8.65. The summed E-state index contributed by atoms with van der Waals surface area (Å²) in [4.78, 5) is 23.2. The number of hydrogen-bond donors (Lipinski definition) is 2. The van der Waals surface area contributed by atoms with E-state index in [1.807, 2.05) is 18.9 Å². The summed E-state index contributed by atoms with van der Waals surface area (Å²) in [7, 11) is 1.81. The molecule has 2 fully saturated rings. The Bertz CT molecular complexity index is 461. The van der Waals surface area contributed by atoms with E-state index in [1.54, 1.807) is 0 Å². The molecule has 0 radical (unpaired) electrons. The quantitative estimate of drug-likeness (QED) is 0.506. The number of hydrogen-bond acceptors (Lipinski definition) is 4. The van der Waals surface area contributed by atoms with E-state index < -0.39 is 0 Å². The molecule has 2 aliphatic heterocycles. The van der Waals surface area contributed by atoms with Crippen molar-refractivity contribution < 1.29 is 4.79 Å². The fraction of sp³-hybridized carbons (Fsp3) is 0.895. The predicted molar refractivity (Wildman–Crippen MR) is 107 cm³/mol. The molecule has 2 rings (SSSR count). The summed E-state index contributed by atoms with van der Waals surface area (Å²) >= 11 is 0. The van der Waals surface area contributed by atoms with Gasteiger partial charge in [-0.05, 0) is 18.9 Å². The van der Waals surface area contributed by atoms with E-state index in [4.69, 9.17) is 0 Å². The standard InChI is InChI=1S/C19H38N6O/c1-5-18(26)25-8-7-17(15-25)22-19(20-4)21-13-16(3)14-24-11-9-23(6-2)10-12-24/h16-17H,5-15H2,1-4H3,(H2,20,21,22). The maximum atomic E-state index is 11.8. The van der Waals surface area contributed by atoms with Crippen LogP contribution in [0.5, 0.6) is 0 Å². The molecule has 1 amide bonds. The number of carbonyl (C=O) groups is 1. The summed E-state index contributed by atoms with van der Waals surface area (Å²) in [6.45, 7) is 16.0. The minimum absolute atomic E-state index is 0.244. The third kappa shape index (κ3) is 6.43. The molecular formula is C19H38N6O. The Morgan fingerprint density at radius 3 is 2.46 bits per heavy atom. The lowest BCUT2D eigenvalue weighted by molar-refractivity contribution is -0.129. The molecule has 0 saturated carbocycles. The Morgan fingerprint density at radius 2 is 1.85 bits per heavy atom. The van der Waals surface area contributed by atoms with Gasteiger partial charge in [-0.3, -0.25) is 9.79 Å². The lowest BCUT2D eigenvalue weighted by Crippen LogP contribution is -2.49. The highest BCUT2D eigenvalue weighted by molar-refractivity contribution is 5.80. The van der Waals surface area contributed by atoms with Gasteiger partial charge >= 0.3 is 0 Å². The zero-order chi connectivity index (χ0) is 18.9. The van der Waals surface area contributed by atoms with Crippen molar-refractivity contribution in [2.75, 3.05) is 66.0 Å². The van der Waals surface area contributed by atoms with Crippen LogP contribution in [0.15, 0.2) is 4.99 Å². The first-order valence-electron chi connectivity index (χ1n) is 10.2. The SMILES string of the molecule is CCC(=O)N1CCC(NC(=NC)NCC(C)CN2CCN(CC)CC2)C1. The van der Waals surface area contributed by atoms with Crippen molar-refractivity contribution in [2.45, 2.75) is 39.7 Å². The first-order valence-corrected chi connectivity index (χ1v) is 10.2. The number of likely N-dealkylation sites (N-methyl/N-ethyl adjacent to an activating group) is 1. The van der Waals surface area contributed by atoms with Gasteiger partial charge in [-0.1, -0.05) is 20.8 Å². The van der Waals surface area contributed by atoms with Crippen LogP contribution < -0.4 is 10.6 Å².